The minimum absolute atomic E-state index is 0.0259. The summed E-state index contributed by atoms with van der Waals surface area (Å²) in [6.07, 6.45) is 1.38. The minimum Gasteiger partial charge on any atom is -0.363 e. The number of aryl methyl sites for hydroxylation is 1. The fraction of sp³-hybridized carbons (Fsp3) is 0.500. The van der Waals surface area contributed by atoms with E-state index in [1.807, 2.05) is 54.0 Å². The number of hydrogen-bond donors (Lipinski definition) is 0. The number of ether oxygens (including phenoxy) is 1. The summed E-state index contributed by atoms with van der Waals surface area (Å²) in [7, 11) is 0. The first-order valence-electron chi connectivity index (χ1n) is 10.1. The molecule has 1 spiro atoms. The fourth-order valence-electron chi connectivity index (χ4n) is 4.18. The monoisotopic (exact) mass is 397 g/mol. The molecule has 1 aromatic carbocycles. The molecule has 2 fully saturated rings. The van der Waals surface area contributed by atoms with Crippen molar-refractivity contribution in [2.24, 2.45) is 0 Å². The molecule has 0 aliphatic carbocycles. The minimum atomic E-state index is -0.412. The molecule has 2 amide bonds. The van der Waals surface area contributed by atoms with Crippen molar-refractivity contribution < 1.29 is 18.8 Å². The number of nitrogens with zero attached hydrogens (tertiary/aromatic N) is 3. The van der Waals surface area contributed by atoms with E-state index < -0.39 is 5.60 Å². The van der Waals surface area contributed by atoms with Crippen LogP contribution in [0.25, 0.3) is 0 Å². The van der Waals surface area contributed by atoms with Crippen molar-refractivity contribution in [3.63, 3.8) is 0 Å². The Labute approximate surface area is 170 Å². The quantitative estimate of drug-likeness (QED) is 0.795. The van der Waals surface area contributed by atoms with Gasteiger partial charge in [0.2, 0.25) is 0 Å². The van der Waals surface area contributed by atoms with Crippen LogP contribution in [0.2, 0.25) is 0 Å². The maximum atomic E-state index is 13.1. The standard InChI is InChI=1S/C22H27N3O4/c1-15(2)20-19(16(3)29-23-20)21(27)24-11-9-22(10-12-24)14-25(18(26)13-28-22)17-7-5-4-6-8-17/h4-8,15H,9-14H2,1-3H3. The van der Waals surface area contributed by atoms with Crippen LogP contribution in [0.1, 0.15) is 54.4 Å². The molecule has 3 heterocycles. The lowest BCUT2D eigenvalue weighted by Gasteiger charge is -2.47. The summed E-state index contributed by atoms with van der Waals surface area (Å²) in [5.41, 5.74) is 1.77. The number of morpholine rings is 1. The number of likely N-dealkylation sites (tertiary alicyclic amines) is 1. The third-order valence-electron chi connectivity index (χ3n) is 5.93. The van der Waals surface area contributed by atoms with Gasteiger partial charge in [-0.05, 0) is 37.8 Å². The molecule has 7 nitrogen and oxygen atoms in total. The highest BCUT2D eigenvalue weighted by Gasteiger charge is 2.44. The second-order valence-electron chi connectivity index (χ2n) is 8.23. The van der Waals surface area contributed by atoms with Crippen molar-refractivity contribution in [2.75, 3.05) is 31.1 Å². The van der Waals surface area contributed by atoms with Crippen LogP contribution in [0.15, 0.2) is 34.9 Å². The van der Waals surface area contributed by atoms with Crippen LogP contribution in [-0.4, -0.2) is 53.7 Å². The van der Waals surface area contributed by atoms with Gasteiger partial charge >= 0.3 is 0 Å². The number of rotatable bonds is 3. The Balaban J connectivity index is 1.47. The molecule has 7 heteroatoms. The van der Waals surface area contributed by atoms with E-state index in [0.717, 1.165) is 5.69 Å². The van der Waals surface area contributed by atoms with Gasteiger partial charge < -0.3 is 19.1 Å². The Morgan fingerprint density at radius 3 is 2.52 bits per heavy atom. The lowest BCUT2D eigenvalue weighted by atomic mass is 9.88. The van der Waals surface area contributed by atoms with E-state index in [1.54, 1.807) is 6.92 Å². The summed E-state index contributed by atoms with van der Waals surface area (Å²) in [5.74, 6) is 0.625. The Morgan fingerprint density at radius 2 is 1.86 bits per heavy atom. The third kappa shape index (κ3) is 3.67. The van der Waals surface area contributed by atoms with Crippen molar-refractivity contribution in [1.29, 1.82) is 0 Å². The molecule has 1 aromatic heterocycles. The maximum absolute atomic E-state index is 13.1. The second kappa shape index (κ2) is 7.63. The number of amides is 2. The molecule has 0 unspecified atom stereocenters. The number of carbonyl (C=O) groups excluding carboxylic acids is 2. The van der Waals surface area contributed by atoms with Crippen molar-refractivity contribution in [3.8, 4) is 0 Å². The molecule has 29 heavy (non-hydrogen) atoms. The van der Waals surface area contributed by atoms with Gasteiger partial charge in [-0.2, -0.15) is 0 Å². The molecule has 0 atom stereocenters. The van der Waals surface area contributed by atoms with E-state index in [1.165, 1.54) is 0 Å². The Kier molecular flexibility index (Phi) is 5.17. The van der Waals surface area contributed by atoms with Gasteiger partial charge in [0.15, 0.2) is 0 Å². The lowest BCUT2D eigenvalue weighted by molar-refractivity contribution is -0.143. The predicted molar refractivity (Wildman–Crippen MR) is 108 cm³/mol. The van der Waals surface area contributed by atoms with Gasteiger partial charge in [-0.25, -0.2) is 0 Å². The number of carbonyl (C=O) groups is 2. The first kappa shape index (κ1) is 19.6. The zero-order valence-corrected chi connectivity index (χ0v) is 17.2. The molecule has 2 saturated heterocycles. The molecule has 4 rings (SSSR count). The van der Waals surface area contributed by atoms with E-state index in [4.69, 9.17) is 9.26 Å². The largest absolute Gasteiger partial charge is 0.363 e. The Bertz CT molecular complexity index is 898. The van der Waals surface area contributed by atoms with E-state index in [0.29, 0.717) is 49.5 Å². The summed E-state index contributed by atoms with van der Waals surface area (Å²) in [5, 5.41) is 4.07. The first-order chi connectivity index (χ1) is 13.9. The summed E-state index contributed by atoms with van der Waals surface area (Å²) in [4.78, 5) is 29.2. The van der Waals surface area contributed by atoms with Crippen molar-refractivity contribution in [3.05, 3.63) is 47.3 Å². The molecule has 0 radical (unpaired) electrons. The van der Waals surface area contributed by atoms with Crippen molar-refractivity contribution >= 4 is 17.5 Å². The van der Waals surface area contributed by atoms with Gasteiger partial charge in [-0.15, -0.1) is 0 Å². The highest BCUT2D eigenvalue weighted by atomic mass is 16.5. The second-order valence-corrected chi connectivity index (χ2v) is 8.23. The van der Waals surface area contributed by atoms with E-state index in [-0.39, 0.29) is 24.3 Å². The molecule has 2 aliphatic rings. The van der Waals surface area contributed by atoms with E-state index in [2.05, 4.69) is 5.16 Å². The number of para-hydroxylation sites is 1. The Hall–Kier alpha value is -2.67. The van der Waals surface area contributed by atoms with Crippen LogP contribution in [0.4, 0.5) is 5.69 Å². The summed E-state index contributed by atoms with van der Waals surface area (Å²) < 4.78 is 11.3. The number of hydrogen-bond acceptors (Lipinski definition) is 5. The van der Waals surface area contributed by atoms with Crippen LogP contribution in [0, 0.1) is 6.92 Å². The van der Waals surface area contributed by atoms with Gasteiger partial charge in [-0.3, -0.25) is 9.59 Å². The topological polar surface area (TPSA) is 75.9 Å². The Morgan fingerprint density at radius 1 is 1.17 bits per heavy atom. The van der Waals surface area contributed by atoms with Crippen LogP contribution in [0.5, 0.6) is 0 Å². The summed E-state index contributed by atoms with van der Waals surface area (Å²) in [6.45, 7) is 7.54. The summed E-state index contributed by atoms with van der Waals surface area (Å²) >= 11 is 0. The third-order valence-corrected chi connectivity index (χ3v) is 5.93. The first-order valence-corrected chi connectivity index (χ1v) is 10.1. The van der Waals surface area contributed by atoms with Gasteiger partial charge in [0.05, 0.1) is 17.8 Å². The van der Waals surface area contributed by atoms with E-state index >= 15 is 0 Å². The maximum Gasteiger partial charge on any atom is 0.259 e. The van der Waals surface area contributed by atoms with Gasteiger partial charge in [0.1, 0.15) is 17.9 Å². The van der Waals surface area contributed by atoms with Gasteiger partial charge in [0.25, 0.3) is 11.8 Å². The molecule has 2 aromatic rings. The van der Waals surface area contributed by atoms with Crippen LogP contribution in [0.3, 0.4) is 0 Å². The highest BCUT2D eigenvalue weighted by molar-refractivity contribution is 5.97. The SMILES string of the molecule is Cc1onc(C(C)C)c1C(=O)N1CCC2(CC1)CN(c1ccccc1)C(=O)CO2. The molecular weight excluding hydrogens is 370 g/mol. The molecule has 154 valence electrons. The number of aromatic nitrogens is 1. The summed E-state index contributed by atoms with van der Waals surface area (Å²) in [6, 6.07) is 9.68. The lowest BCUT2D eigenvalue weighted by Crippen LogP contribution is -2.59. The normalized spacial score (nSPS) is 19.2. The average molecular weight is 397 g/mol. The molecule has 0 bridgehead atoms. The van der Waals surface area contributed by atoms with Crippen LogP contribution in [-0.2, 0) is 9.53 Å². The van der Waals surface area contributed by atoms with E-state index in [9.17, 15) is 9.59 Å². The average Bonchev–Trinajstić information content (AvgIpc) is 3.12. The molecular formula is C22H27N3O4. The fourth-order valence-corrected chi connectivity index (χ4v) is 4.18. The predicted octanol–water partition coefficient (Wildman–Crippen LogP) is 3.14. The van der Waals surface area contributed by atoms with Crippen LogP contribution < -0.4 is 4.90 Å². The highest BCUT2D eigenvalue weighted by Crippen LogP contribution is 2.34. The van der Waals surface area contributed by atoms with Gasteiger partial charge in [-0.1, -0.05) is 37.2 Å². The molecule has 0 N–H and O–H groups in total. The number of piperidine rings is 1. The molecule has 0 saturated carbocycles. The zero-order chi connectivity index (χ0) is 20.6. The van der Waals surface area contributed by atoms with Crippen LogP contribution >= 0.6 is 0 Å². The number of benzene rings is 1. The van der Waals surface area contributed by atoms with Gasteiger partial charge in [0, 0.05) is 18.8 Å². The zero-order valence-electron chi connectivity index (χ0n) is 17.2. The van der Waals surface area contributed by atoms with Crippen molar-refractivity contribution in [1.82, 2.24) is 10.1 Å². The van der Waals surface area contributed by atoms with Crippen molar-refractivity contribution in [2.45, 2.75) is 45.1 Å². The number of anilines is 1. The smallest absolute Gasteiger partial charge is 0.259 e. The molecule has 2 aliphatic heterocycles.